The molecule has 0 aliphatic heterocycles. The Morgan fingerprint density at radius 3 is 1.38 bits per heavy atom. The van der Waals surface area contributed by atoms with Crippen molar-refractivity contribution < 1.29 is 19.1 Å². The Labute approximate surface area is 171 Å². The number of rotatable bonds is 7. The van der Waals surface area contributed by atoms with Crippen LogP contribution in [0.15, 0.2) is 91.0 Å². The fourth-order valence-corrected chi connectivity index (χ4v) is 8.48. The first-order valence-electron chi connectivity index (χ1n) is 9.34. The Hall–Kier alpha value is -2.97. The standard InChI is InChI=1S/C24H24O4P/c1-27-23(25)18-22(24(26)28-2)29(19-12-6-3-7-13-19,20-14-8-4-9-15-20)21-16-10-5-11-17-21/h3-17,22H,18H2,1-2H3/q+1. The number of methoxy groups -OCH3 is 2. The predicted molar refractivity (Wildman–Crippen MR) is 118 cm³/mol. The molecule has 1 atom stereocenters. The van der Waals surface area contributed by atoms with Gasteiger partial charge in [0, 0.05) is 0 Å². The average Bonchev–Trinajstić information content (AvgIpc) is 2.80. The lowest BCUT2D eigenvalue weighted by molar-refractivity contribution is -0.146. The van der Waals surface area contributed by atoms with Gasteiger partial charge in [-0.2, -0.15) is 0 Å². The summed E-state index contributed by atoms with van der Waals surface area (Å²) < 4.78 is 10.2. The van der Waals surface area contributed by atoms with E-state index in [1.165, 1.54) is 14.2 Å². The van der Waals surface area contributed by atoms with E-state index in [9.17, 15) is 9.59 Å². The number of hydrogen-bond donors (Lipinski definition) is 0. The molecule has 0 bridgehead atoms. The van der Waals surface area contributed by atoms with E-state index < -0.39 is 24.9 Å². The predicted octanol–water partition coefficient (Wildman–Crippen LogP) is 3.09. The van der Waals surface area contributed by atoms with Crippen LogP contribution in [0.1, 0.15) is 6.42 Å². The lowest BCUT2D eigenvalue weighted by Crippen LogP contribution is -2.44. The minimum atomic E-state index is -2.58. The third kappa shape index (κ3) is 4.08. The molecule has 3 aromatic carbocycles. The van der Waals surface area contributed by atoms with E-state index in [0.717, 1.165) is 15.9 Å². The van der Waals surface area contributed by atoms with Gasteiger partial charge in [0.2, 0.25) is 0 Å². The molecule has 1 unspecified atom stereocenters. The fourth-order valence-electron chi connectivity index (χ4n) is 3.73. The van der Waals surface area contributed by atoms with Crippen molar-refractivity contribution in [2.45, 2.75) is 12.1 Å². The first-order valence-corrected chi connectivity index (χ1v) is 11.2. The van der Waals surface area contributed by atoms with Gasteiger partial charge < -0.3 is 9.47 Å². The van der Waals surface area contributed by atoms with Gasteiger partial charge in [0.05, 0.1) is 20.6 Å². The third-order valence-electron chi connectivity index (χ3n) is 5.02. The Kier molecular flexibility index (Phi) is 6.79. The second-order valence-corrected chi connectivity index (χ2v) is 10.2. The van der Waals surface area contributed by atoms with Gasteiger partial charge in [0.25, 0.3) is 0 Å². The van der Waals surface area contributed by atoms with E-state index in [4.69, 9.17) is 9.47 Å². The van der Waals surface area contributed by atoms with Crippen LogP contribution in [0.5, 0.6) is 0 Å². The minimum Gasteiger partial charge on any atom is -0.469 e. The maximum absolute atomic E-state index is 13.1. The van der Waals surface area contributed by atoms with Crippen LogP contribution in [0.2, 0.25) is 0 Å². The lowest BCUT2D eigenvalue weighted by Gasteiger charge is -2.32. The summed E-state index contributed by atoms with van der Waals surface area (Å²) in [6.45, 7) is 0. The van der Waals surface area contributed by atoms with Gasteiger partial charge in [-0.1, -0.05) is 54.6 Å². The molecule has 0 radical (unpaired) electrons. The van der Waals surface area contributed by atoms with Crippen molar-refractivity contribution in [1.29, 1.82) is 0 Å². The van der Waals surface area contributed by atoms with Crippen molar-refractivity contribution >= 4 is 35.1 Å². The fraction of sp³-hybridized carbons (Fsp3) is 0.167. The topological polar surface area (TPSA) is 52.6 Å². The number of carbonyl (C=O) groups excluding carboxylic acids is 2. The minimum absolute atomic E-state index is 0.0599. The van der Waals surface area contributed by atoms with Gasteiger partial charge in [-0.25, -0.2) is 4.79 Å². The molecule has 5 heteroatoms. The normalized spacial score (nSPS) is 12.1. The highest BCUT2D eigenvalue weighted by Crippen LogP contribution is 2.61. The van der Waals surface area contributed by atoms with E-state index in [2.05, 4.69) is 0 Å². The molecule has 0 amide bonds. The molecule has 4 nitrogen and oxygen atoms in total. The van der Waals surface area contributed by atoms with Crippen LogP contribution in [-0.4, -0.2) is 31.8 Å². The van der Waals surface area contributed by atoms with E-state index in [1.807, 2.05) is 91.0 Å². The molecule has 0 spiro atoms. The second-order valence-electron chi connectivity index (χ2n) is 6.55. The highest BCUT2D eigenvalue weighted by Gasteiger charge is 2.57. The van der Waals surface area contributed by atoms with Gasteiger partial charge in [0.15, 0.2) is 5.66 Å². The second kappa shape index (κ2) is 9.49. The molecule has 0 saturated carbocycles. The molecular weight excluding hydrogens is 383 g/mol. The molecule has 0 saturated heterocycles. The molecule has 3 rings (SSSR count). The van der Waals surface area contributed by atoms with Crippen molar-refractivity contribution in [2.24, 2.45) is 0 Å². The van der Waals surface area contributed by atoms with Gasteiger partial charge in [-0.3, -0.25) is 4.79 Å². The first kappa shape index (κ1) is 20.8. The SMILES string of the molecule is COC(=O)CC(C(=O)OC)[P+](c1ccccc1)(c1ccccc1)c1ccccc1. The molecule has 0 aliphatic carbocycles. The molecule has 148 valence electrons. The zero-order chi connectivity index (χ0) is 20.7. The van der Waals surface area contributed by atoms with Crippen LogP contribution in [-0.2, 0) is 19.1 Å². The van der Waals surface area contributed by atoms with Gasteiger partial charge >= 0.3 is 11.9 Å². The van der Waals surface area contributed by atoms with Crippen LogP contribution < -0.4 is 15.9 Å². The summed E-state index contributed by atoms with van der Waals surface area (Å²) in [5.41, 5.74) is -0.702. The van der Waals surface area contributed by atoms with Gasteiger partial charge in [-0.05, 0) is 36.4 Å². The van der Waals surface area contributed by atoms with E-state index >= 15 is 0 Å². The number of benzene rings is 3. The van der Waals surface area contributed by atoms with Crippen LogP contribution in [0.25, 0.3) is 0 Å². The van der Waals surface area contributed by atoms with Crippen molar-refractivity contribution in [3.8, 4) is 0 Å². The van der Waals surface area contributed by atoms with E-state index in [-0.39, 0.29) is 6.42 Å². The number of hydrogen-bond acceptors (Lipinski definition) is 4. The van der Waals surface area contributed by atoms with Crippen molar-refractivity contribution in [1.82, 2.24) is 0 Å². The number of ether oxygens (including phenoxy) is 2. The van der Waals surface area contributed by atoms with Gasteiger partial charge in [0.1, 0.15) is 23.2 Å². The molecule has 0 aromatic heterocycles. The summed E-state index contributed by atoms with van der Waals surface area (Å²) in [6.07, 6.45) is -0.0599. The molecule has 3 aromatic rings. The van der Waals surface area contributed by atoms with E-state index in [0.29, 0.717) is 0 Å². The number of carbonyl (C=O) groups is 2. The Morgan fingerprint density at radius 1 is 0.690 bits per heavy atom. The third-order valence-corrected chi connectivity index (χ3v) is 9.69. The number of esters is 2. The summed E-state index contributed by atoms with van der Waals surface area (Å²) >= 11 is 0. The molecule has 0 aliphatic rings. The largest absolute Gasteiger partial charge is 0.469 e. The maximum Gasteiger partial charge on any atom is 0.348 e. The van der Waals surface area contributed by atoms with Crippen LogP contribution in [0.3, 0.4) is 0 Å². The lowest BCUT2D eigenvalue weighted by atomic mass is 10.3. The first-order chi connectivity index (χ1) is 14.1. The molecule has 0 heterocycles. The van der Waals surface area contributed by atoms with Crippen LogP contribution in [0.4, 0.5) is 0 Å². The monoisotopic (exact) mass is 407 g/mol. The summed E-state index contributed by atoms with van der Waals surface area (Å²) in [5, 5.41) is 3.03. The van der Waals surface area contributed by atoms with Crippen LogP contribution in [0, 0.1) is 0 Å². The smallest absolute Gasteiger partial charge is 0.348 e. The zero-order valence-electron chi connectivity index (χ0n) is 16.5. The average molecular weight is 407 g/mol. The highest BCUT2D eigenvalue weighted by molar-refractivity contribution is 7.96. The quantitative estimate of drug-likeness (QED) is 0.446. The van der Waals surface area contributed by atoms with Crippen molar-refractivity contribution in [3.63, 3.8) is 0 Å². The van der Waals surface area contributed by atoms with Crippen molar-refractivity contribution in [3.05, 3.63) is 91.0 Å². The summed E-state index contributed by atoms with van der Waals surface area (Å²) in [5.74, 6) is -0.854. The highest BCUT2D eigenvalue weighted by atomic mass is 31.2. The van der Waals surface area contributed by atoms with Crippen molar-refractivity contribution in [2.75, 3.05) is 14.2 Å². The Balaban J connectivity index is 2.40. The maximum atomic E-state index is 13.1. The zero-order valence-corrected chi connectivity index (χ0v) is 17.4. The van der Waals surface area contributed by atoms with E-state index in [1.54, 1.807) is 0 Å². The summed E-state index contributed by atoms with van der Waals surface area (Å²) in [6, 6.07) is 29.8. The molecular formula is C24H24O4P+. The summed E-state index contributed by atoms with van der Waals surface area (Å²) in [7, 11) is 0.123. The Bertz CT molecular complexity index is 846. The Morgan fingerprint density at radius 2 is 1.07 bits per heavy atom. The van der Waals surface area contributed by atoms with Crippen LogP contribution >= 0.6 is 7.26 Å². The molecule has 0 N–H and O–H groups in total. The molecule has 29 heavy (non-hydrogen) atoms. The molecule has 0 fully saturated rings. The summed E-state index contributed by atoms with van der Waals surface area (Å²) in [4.78, 5) is 25.5. The van der Waals surface area contributed by atoms with Gasteiger partial charge in [-0.15, -0.1) is 0 Å².